The van der Waals surface area contributed by atoms with Crippen LogP contribution in [0.5, 0.6) is 0 Å². The van der Waals surface area contributed by atoms with Crippen molar-refractivity contribution < 1.29 is 0 Å². The maximum absolute atomic E-state index is 5.75. The summed E-state index contributed by atoms with van der Waals surface area (Å²) in [7, 11) is 0. The van der Waals surface area contributed by atoms with Gasteiger partial charge < -0.3 is 5.73 Å². The molecule has 0 bridgehead atoms. The van der Waals surface area contributed by atoms with E-state index >= 15 is 0 Å². The lowest BCUT2D eigenvalue weighted by atomic mass is 10.2. The highest BCUT2D eigenvalue weighted by Crippen LogP contribution is 2.35. The first kappa shape index (κ1) is 8.95. The zero-order valence-corrected chi connectivity index (χ0v) is 8.73. The van der Waals surface area contributed by atoms with E-state index in [1.807, 2.05) is 17.8 Å². The number of nitrogen functional groups attached to an aromatic ring is 1. The van der Waals surface area contributed by atoms with Gasteiger partial charge in [-0.05, 0) is 49.4 Å². The second-order valence-corrected chi connectivity index (χ2v) is 4.87. The van der Waals surface area contributed by atoms with Crippen LogP contribution in [0.1, 0.15) is 18.4 Å². The Hall–Kier alpha value is -0.630. The van der Waals surface area contributed by atoms with Crippen molar-refractivity contribution in [2.45, 2.75) is 24.7 Å². The van der Waals surface area contributed by atoms with E-state index in [1.54, 1.807) is 0 Å². The standard InChI is InChI=1S/C11H15NS/c1-8-6-10(4-5-11(8)12)13-7-9-2-3-9/h4-6,9H,2-3,7,12H2,1H3. The lowest BCUT2D eigenvalue weighted by molar-refractivity contribution is 1.000. The summed E-state index contributed by atoms with van der Waals surface area (Å²) < 4.78 is 0. The van der Waals surface area contributed by atoms with E-state index in [-0.39, 0.29) is 0 Å². The van der Waals surface area contributed by atoms with E-state index in [0.717, 1.165) is 11.6 Å². The minimum absolute atomic E-state index is 0.899. The van der Waals surface area contributed by atoms with Crippen molar-refractivity contribution in [1.29, 1.82) is 0 Å². The van der Waals surface area contributed by atoms with Gasteiger partial charge in [-0.1, -0.05) is 0 Å². The third kappa shape index (κ3) is 2.41. The largest absolute Gasteiger partial charge is 0.399 e. The van der Waals surface area contributed by atoms with Crippen molar-refractivity contribution in [3.05, 3.63) is 23.8 Å². The van der Waals surface area contributed by atoms with Gasteiger partial charge in [-0.25, -0.2) is 0 Å². The molecule has 0 radical (unpaired) electrons. The van der Waals surface area contributed by atoms with Crippen LogP contribution in [-0.4, -0.2) is 5.75 Å². The van der Waals surface area contributed by atoms with E-state index in [0.29, 0.717) is 0 Å². The molecule has 2 heteroatoms. The topological polar surface area (TPSA) is 26.0 Å². The highest BCUT2D eigenvalue weighted by molar-refractivity contribution is 7.99. The summed E-state index contributed by atoms with van der Waals surface area (Å²) in [5.74, 6) is 2.27. The number of hydrogen-bond acceptors (Lipinski definition) is 2. The Bertz CT molecular complexity index is 305. The molecule has 0 spiro atoms. The summed E-state index contributed by atoms with van der Waals surface area (Å²) >= 11 is 1.96. The SMILES string of the molecule is Cc1cc(SCC2CC2)ccc1N. The van der Waals surface area contributed by atoms with Gasteiger partial charge in [0, 0.05) is 16.3 Å². The quantitative estimate of drug-likeness (QED) is 0.589. The van der Waals surface area contributed by atoms with Crippen LogP contribution in [0, 0.1) is 12.8 Å². The summed E-state index contributed by atoms with van der Waals surface area (Å²) in [5.41, 5.74) is 7.84. The number of anilines is 1. The highest BCUT2D eigenvalue weighted by Gasteiger charge is 2.20. The predicted molar refractivity (Wildman–Crippen MR) is 59.0 cm³/mol. The molecule has 2 rings (SSSR count). The molecule has 1 fully saturated rings. The zero-order valence-electron chi connectivity index (χ0n) is 7.92. The van der Waals surface area contributed by atoms with Gasteiger partial charge >= 0.3 is 0 Å². The molecule has 1 aromatic carbocycles. The summed E-state index contributed by atoms with van der Waals surface area (Å²) in [6.45, 7) is 2.07. The van der Waals surface area contributed by atoms with E-state index in [1.165, 1.54) is 29.1 Å². The van der Waals surface area contributed by atoms with Gasteiger partial charge in [0.15, 0.2) is 0 Å². The van der Waals surface area contributed by atoms with Gasteiger partial charge in [0.1, 0.15) is 0 Å². The monoisotopic (exact) mass is 193 g/mol. The summed E-state index contributed by atoms with van der Waals surface area (Å²) in [6, 6.07) is 6.31. The average molecular weight is 193 g/mol. The summed E-state index contributed by atoms with van der Waals surface area (Å²) in [4.78, 5) is 1.36. The molecule has 1 aliphatic carbocycles. The number of hydrogen-bond donors (Lipinski definition) is 1. The number of benzene rings is 1. The minimum atomic E-state index is 0.899. The molecule has 1 aromatic rings. The molecule has 1 aliphatic rings. The van der Waals surface area contributed by atoms with Crippen LogP contribution in [-0.2, 0) is 0 Å². The van der Waals surface area contributed by atoms with Crippen molar-refractivity contribution in [2.75, 3.05) is 11.5 Å². The van der Waals surface area contributed by atoms with Gasteiger partial charge in [0.05, 0.1) is 0 Å². The zero-order chi connectivity index (χ0) is 9.26. The van der Waals surface area contributed by atoms with Gasteiger partial charge in [-0.3, -0.25) is 0 Å². The molecule has 1 nitrogen and oxygen atoms in total. The van der Waals surface area contributed by atoms with E-state index < -0.39 is 0 Å². The first-order valence-electron chi connectivity index (χ1n) is 4.74. The van der Waals surface area contributed by atoms with E-state index in [4.69, 9.17) is 5.73 Å². The fraction of sp³-hybridized carbons (Fsp3) is 0.455. The molecule has 0 aliphatic heterocycles. The fourth-order valence-corrected chi connectivity index (χ4v) is 2.42. The number of rotatable bonds is 3. The molecule has 0 unspecified atom stereocenters. The Morgan fingerprint density at radius 1 is 1.46 bits per heavy atom. The Morgan fingerprint density at radius 2 is 2.23 bits per heavy atom. The maximum Gasteiger partial charge on any atom is 0.0344 e. The minimum Gasteiger partial charge on any atom is -0.399 e. The first-order valence-corrected chi connectivity index (χ1v) is 5.73. The van der Waals surface area contributed by atoms with E-state index in [2.05, 4.69) is 19.1 Å². The Kier molecular flexibility index (Phi) is 2.49. The Labute approximate surface area is 83.7 Å². The van der Waals surface area contributed by atoms with Gasteiger partial charge in [0.2, 0.25) is 0 Å². The molecule has 70 valence electrons. The summed E-state index contributed by atoms with van der Waals surface area (Å²) in [5, 5.41) is 0. The van der Waals surface area contributed by atoms with Crippen LogP contribution < -0.4 is 5.73 Å². The number of thioether (sulfide) groups is 1. The number of nitrogens with two attached hydrogens (primary N) is 1. The smallest absolute Gasteiger partial charge is 0.0344 e. The molecular formula is C11H15NS. The predicted octanol–water partition coefficient (Wildman–Crippen LogP) is 3.08. The third-order valence-corrected chi connectivity index (χ3v) is 3.65. The van der Waals surface area contributed by atoms with Crippen molar-refractivity contribution >= 4 is 17.4 Å². The lowest BCUT2D eigenvalue weighted by Gasteiger charge is -2.03. The van der Waals surface area contributed by atoms with Crippen LogP contribution in [0.4, 0.5) is 5.69 Å². The molecule has 13 heavy (non-hydrogen) atoms. The first-order chi connectivity index (χ1) is 6.25. The average Bonchev–Trinajstić information content (AvgIpc) is 2.91. The second-order valence-electron chi connectivity index (χ2n) is 3.77. The van der Waals surface area contributed by atoms with Crippen molar-refractivity contribution in [2.24, 2.45) is 5.92 Å². The highest BCUT2D eigenvalue weighted by atomic mass is 32.2. The fourth-order valence-electron chi connectivity index (χ4n) is 1.24. The summed E-state index contributed by atoms with van der Waals surface area (Å²) in [6.07, 6.45) is 2.86. The molecule has 0 atom stereocenters. The molecule has 0 aromatic heterocycles. The van der Waals surface area contributed by atoms with Gasteiger partial charge in [-0.2, -0.15) is 0 Å². The lowest BCUT2D eigenvalue weighted by Crippen LogP contribution is -1.89. The molecular weight excluding hydrogens is 178 g/mol. The van der Waals surface area contributed by atoms with E-state index in [9.17, 15) is 0 Å². The molecule has 2 N–H and O–H groups in total. The normalized spacial score (nSPS) is 16.1. The van der Waals surface area contributed by atoms with Crippen molar-refractivity contribution in [3.8, 4) is 0 Å². The van der Waals surface area contributed by atoms with Gasteiger partial charge in [-0.15, -0.1) is 11.8 Å². The van der Waals surface area contributed by atoms with Crippen LogP contribution in [0.3, 0.4) is 0 Å². The maximum atomic E-state index is 5.75. The van der Waals surface area contributed by atoms with Crippen LogP contribution in [0.2, 0.25) is 0 Å². The van der Waals surface area contributed by atoms with Crippen molar-refractivity contribution in [3.63, 3.8) is 0 Å². The molecule has 1 saturated carbocycles. The third-order valence-electron chi connectivity index (χ3n) is 2.42. The van der Waals surface area contributed by atoms with Crippen LogP contribution in [0.25, 0.3) is 0 Å². The number of aryl methyl sites for hydroxylation is 1. The molecule has 0 saturated heterocycles. The second kappa shape index (κ2) is 3.62. The van der Waals surface area contributed by atoms with Gasteiger partial charge in [0.25, 0.3) is 0 Å². The van der Waals surface area contributed by atoms with Crippen LogP contribution >= 0.6 is 11.8 Å². The Morgan fingerprint density at radius 3 is 2.85 bits per heavy atom. The Balaban J connectivity index is 1.98. The van der Waals surface area contributed by atoms with Crippen LogP contribution in [0.15, 0.2) is 23.1 Å². The molecule has 0 amide bonds. The van der Waals surface area contributed by atoms with Crippen molar-refractivity contribution in [1.82, 2.24) is 0 Å². The molecule has 0 heterocycles.